The van der Waals surface area contributed by atoms with Gasteiger partial charge in [0.1, 0.15) is 17.2 Å². The van der Waals surface area contributed by atoms with Gasteiger partial charge in [-0.15, -0.1) is 0 Å². The summed E-state index contributed by atoms with van der Waals surface area (Å²) >= 11 is 6.26. The Labute approximate surface area is 184 Å². The van der Waals surface area contributed by atoms with Gasteiger partial charge in [-0.1, -0.05) is 30.9 Å². The highest BCUT2D eigenvalue weighted by molar-refractivity contribution is 6.37. The lowest BCUT2D eigenvalue weighted by Crippen LogP contribution is -2.36. The highest BCUT2D eigenvalue weighted by Gasteiger charge is 2.20. The van der Waals surface area contributed by atoms with E-state index in [1.807, 2.05) is 0 Å². The maximum absolute atomic E-state index is 12.6. The Kier molecular flexibility index (Phi) is 7.02. The molecule has 4 N–H and O–H groups in total. The number of nitrogens with one attached hydrogen (secondary N) is 2. The summed E-state index contributed by atoms with van der Waals surface area (Å²) in [5, 5.41) is 24.2. The molecular weight excluding hydrogens is 424 g/mol. The van der Waals surface area contributed by atoms with Crippen LogP contribution < -0.4 is 15.4 Å². The number of phenols is 1. The topological polar surface area (TPSA) is 125 Å². The molecule has 2 amide bonds. The van der Waals surface area contributed by atoms with Crippen molar-refractivity contribution >= 4 is 35.1 Å². The van der Waals surface area contributed by atoms with Crippen LogP contribution in [0.4, 0.5) is 5.69 Å². The Morgan fingerprint density at radius 2 is 1.81 bits per heavy atom. The highest BCUT2D eigenvalue weighted by Crippen LogP contribution is 2.36. The number of carboxylic acid groups (broad SMARTS) is 1. The zero-order chi connectivity index (χ0) is 22.5. The zero-order valence-electron chi connectivity index (χ0n) is 16.9. The number of carbonyl (C=O) groups is 3. The molecule has 164 valence electrons. The summed E-state index contributed by atoms with van der Waals surface area (Å²) in [6.45, 7) is 1.68. The minimum atomic E-state index is -1.61. The highest BCUT2D eigenvalue weighted by atomic mass is 35.5. The van der Waals surface area contributed by atoms with Crippen LogP contribution in [-0.2, 0) is 9.59 Å². The summed E-state index contributed by atoms with van der Waals surface area (Å²) < 4.78 is 5.83. The molecule has 0 aliphatic heterocycles. The molecule has 1 aliphatic carbocycles. The van der Waals surface area contributed by atoms with Crippen molar-refractivity contribution in [2.75, 3.05) is 5.32 Å². The first-order valence-electron chi connectivity index (χ1n) is 9.90. The largest absolute Gasteiger partial charge is 0.507 e. The monoisotopic (exact) mass is 446 g/mol. The summed E-state index contributed by atoms with van der Waals surface area (Å²) in [5.74, 6) is -2.76. The first kappa shape index (κ1) is 22.4. The second-order valence-corrected chi connectivity index (χ2v) is 7.86. The molecule has 1 aliphatic rings. The summed E-state index contributed by atoms with van der Waals surface area (Å²) in [6, 6.07) is 7.28. The molecule has 8 nitrogen and oxygen atoms in total. The van der Waals surface area contributed by atoms with E-state index in [4.69, 9.17) is 21.4 Å². The number of aryl methyl sites for hydroxylation is 1. The van der Waals surface area contributed by atoms with Crippen molar-refractivity contribution in [2.24, 2.45) is 0 Å². The van der Waals surface area contributed by atoms with Crippen LogP contribution in [-0.4, -0.2) is 34.0 Å². The van der Waals surface area contributed by atoms with E-state index in [9.17, 15) is 19.5 Å². The fourth-order valence-electron chi connectivity index (χ4n) is 3.51. The van der Waals surface area contributed by atoms with Crippen LogP contribution in [0.25, 0.3) is 0 Å². The Bertz CT molecular complexity index is 994. The number of phenolic OH excluding ortho intramolecular Hbond substituents is 1. The quantitative estimate of drug-likeness (QED) is 0.509. The number of hydrogen-bond acceptors (Lipinski definition) is 5. The van der Waals surface area contributed by atoms with Gasteiger partial charge in [-0.2, -0.15) is 0 Å². The fraction of sp³-hybridized carbons (Fsp3) is 0.318. The third-order valence-electron chi connectivity index (χ3n) is 5.05. The summed E-state index contributed by atoms with van der Waals surface area (Å²) in [6.07, 6.45) is 5.14. The van der Waals surface area contributed by atoms with Gasteiger partial charge in [0.05, 0.1) is 10.6 Å². The summed E-state index contributed by atoms with van der Waals surface area (Å²) in [4.78, 5) is 34.7. The van der Waals surface area contributed by atoms with Crippen LogP contribution in [0, 0.1) is 6.92 Å². The standard InChI is InChI=1S/C22H23ClN2O6/c1-12-9-14(25-21(28)22(29)30)10-17(23)19(12)31-15-7-8-18(26)16(11-15)20(27)24-13-5-3-2-4-6-13/h7-11,13,26H,2-6H2,1H3,(H,24,27)(H,25,28)(H,29,30). The van der Waals surface area contributed by atoms with Crippen LogP contribution in [0.15, 0.2) is 30.3 Å². The molecule has 1 saturated carbocycles. The van der Waals surface area contributed by atoms with Crippen molar-refractivity contribution in [3.8, 4) is 17.2 Å². The van der Waals surface area contributed by atoms with E-state index < -0.39 is 11.9 Å². The zero-order valence-corrected chi connectivity index (χ0v) is 17.7. The van der Waals surface area contributed by atoms with E-state index in [0.717, 1.165) is 25.7 Å². The van der Waals surface area contributed by atoms with Crippen molar-refractivity contribution in [1.29, 1.82) is 0 Å². The first-order valence-corrected chi connectivity index (χ1v) is 10.3. The van der Waals surface area contributed by atoms with Crippen molar-refractivity contribution in [1.82, 2.24) is 5.32 Å². The number of amides is 2. The lowest BCUT2D eigenvalue weighted by atomic mass is 9.95. The van der Waals surface area contributed by atoms with Gasteiger partial charge in [-0.25, -0.2) is 4.79 Å². The van der Waals surface area contributed by atoms with E-state index in [1.165, 1.54) is 36.8 Å². The van der Waals surface area contributed by atoms with Crippen molar-refractivity contribution in [3.05, 3.63) is 46.5 Å². The van der Waals surface area contributed by atoms with Crippen molar-refractivity contribution < 1.29 is 29.3 Å². The normalized spacial score (nSPS) is 14.0. The average molecular weight is 447 g/mol. The van der Waals surface area contributed by atoms with Crippen LogP contribution in [0.1, 0.15) is 48.0 Å². The number of aliphatic carboxylic acids is 1. The third-order valence-corrected chi connectivity index (χ3v) is 5.34. The molecule has 0 saturated heterocycles. The maximum Gasteiger partial charge on any atom is 0.394 e. The number of carbonyl (C=O) groups excluding carboxylic acids is 2. The molecule has 2 aromatic carbocycles. The van der Waals surface area contributed by atoms with Crippen molar-refractivity contribution in [3.63, 3.8) is 0 Å². The third kappa shape index (κ3) is 5.67. The van der Waals surface area contributed by atoms with Crippen molar-refractivity contribution in [2.45, 2.75) is 45.1 Å². The Balaban J connectivity index is 1.78. The smallest absolute Gasteiger partial charge is 0.394 e. The second kappa shape index (κ2) is 9.70. The molecule has 9 heteroatoms. The molecule has 0 atom stereocenters. The number of aromatic hydroxyl groups is 1. The van der Waals surface area contributed by atoms with Gasteiger partial charge < -0.3 is 25.6 Å². The molecule has 3 rings (SSSR count). The summed E-state index contributed by atoms with van der Waals surface area (Å²) in [5.41, 5.74) is 0.845. The van der Waals surface area contributed by atoms with Crippen LogP contribution >= 0.6 is 11.6 Å². The predicted octanol–water partition coefficient (Wildman–Crippen LogP) is 4.23. The molecular formula is C22H23ClN2O6. The molecule has 1 fully saturated rings. The van der Waals surface area contributed by atoms with Gasteiger partial charge in [-0.3, -0.25) is 9.59 Å². The van der Waals surface area contributed by atoms with E-state index in [0.29, 0.717) is 11.3 Å². The van der Waals surface area contributed by atoms with Gasteiger partial charge in [0.15, 0.2) is 0 Å². The second-order valence-electron chi connectivity index (χ2n) is 7.45. The van der Waals surface area contributed by atoms with Gasteiger partial charge in [-0.05, 0) is 55.7 Å². The van der Waals surface area contributed by atoms with E-state index >= 15 is 0 Å². The Morgan fingerprint density at radius 1 is 1.10 bits per heavy atom. The van der Waals surface area contributed by atoms with Crippen LogP contribution in [0.2, 0.25) is 5.02 Å². The number of anilines is 1. The lowest BCUT2D eigenvalue weighted by Gasteiger charge is -2.23. The number of ether oxygens (including phenoxy) is 1. The maximum atomic E-state index is 12.6. The minimum absolute atomic E-state index is 0.0930. The molecule has 0 aromatic heterocycles. The fourth-order valence-corrected chi connectivity index (χ4v) is 3.81. The molecule has 2 aromatic rings. The number of halogens is 1. The molecule has 0 heterocycles. The SMILES string of the molecule is Cc1cc(NC(=O)C(=O)O)cc(Cl)c1Oc1ccc(O)c(C(=O)NC2CCCCC2)c1. The van der Waals surface area contributed by atoms with Gasteiger partial charge in [0.25, 0.3) is 5.91 Å². The van der Waals surface area contributed by atoms with E-state index in [-0.39, 0.29) is 39.7 Å². The summed E-state index contributed by atoms with van der Waals surface area (Å²) in [7, 11) is 0. The number of benzene rings is 2. The van der Waals surface area contributed by atoms with E-state index in [2.05, 4.69) is 10.6 Å². The first-order chi connectivity index (χ1) is 14.7. The molecule has 31 heavy (non-hydrogen) atoms. The van der Waals surface area contributed by atoms with Crippen LogP contribution in [0.3, 0.4) is 0 Å². The number of hydrogen-bond donors (Lipinski definition) is 4. The van der Waals surface area contributed by atoms with Gasteiger partial charge in [0.2, 0.25) is 0 Å². The Hall–Kier alpha value is -3.26. The predicted molar refractivity (Wildman–Crippen MR) is 115 cm³/mol. The lowest BCUT2D eigenvalue weighted by molar-refractivity contribution is -0.147. The minimum Gasteiger partial charge on any atom is -0.507 e. The van der Waals surface area contributed by atoms with Gasteiger partial charge >= 0.3 is 11.9 Å². The molecule has 0 radical (unpaired) electrons. The average Bonchev–Trinajstić information content (AvgIpc) is 2.72. The Morgan fingerprint density at radius 3 is 2.45 bits per heavy atom. The van der Waals surface area contributed by atoms with Gasteiger partial charge in [0, 0.05) is 11.7 Å². The molecule has 0 bridgehead atoms. The molecule has 0 unspecified atom stereocenters. The molecule has 0 spiro atoms. The number of carboxylic acids is 1. The van der Waals surface area contributed by atoms with E-state index in [1.54, 1.807) is 6.92 Å². The van der Waals surface area contributed by atoms with Crippen LogP contribution in [0.5, 0.6) is 17.2 Å². The number of rotatable bonds is 5.